The molecule has 0 aliphatic heterocycles. The van der Waals surface area contributed by atoms with Crippen LogP contribution >= 0.6 is 0 Å². The Morgan fingerprint density at radius 3 is 1.62 bits per heavy atom. The van der Waals surface area contributed by atoms with Crippen LogP contribution < -0.4 is 0 Å². The zero-order valence-electron chi connectivity index (χ0n) is 10.6. The van der Waals surface area contributed by atoms with E-state index in [1.807, 2.05) is 0 Å². The predicted octanol–water partition coefficient (Wildman–Crippen LogP) is 3.86. The Bertz CT molecular complexity index is 156. The van der Waals surface area contributed by atoms with Gasteiger partial charge >= 0.3 is 0 Å². The van der Waals surface area contributed by atoms with Gasteiger partial charge in [-0.15, -0.1) is 0 Å². The fourth-order valence-electron chi connectivity index (χ4n) is 0.778. The summed E-state index contributed by atoms with van der Waals surface area (Å²) in [7, 11) is 0. The number of hydrogen-bond donors (Lipinski definition) is 0. The summed E-state index contributed by atoms with van der Waals surface area (Å²) in [6.45, 7) is 17.9. The molecule has 2 heteroatoms. The van der Waals surface area contributed by atoms with Gasteiger partial charge in [0.2, 0.25) is 0 Å². The van der Waals surface area contributed by atoms with Crippen LogP contribution in [0.5, 0.6) is 0 Å². The largest absolute Gasteiger partial charge is 0.431 e. The molecule has 0 saturated heterocycles. The van der Waals surface area contributed by atoms with Gasteiger partial charge in [-0.2, -0.15) is 0 Å². The Labute approximate surface area is 84.4 Å². The van der Waals surface area contributed by atoms with Gasteiger partial charge in [0.15, 0.2) is 0 Å². The van der Waals surface area contributed by atoms with Gasteiger partial charge in [0.25, 0.3) is 6.92 Å². The van der Waals surface area contributed by atoms with Gasteiger partial charge in [-0.1, -0.05) is 41.4 Å². The van der Waals surface area contributed by atoms with Crippen LogP contribution in [0.25, 0.3) is 0 Å². The fraction of sp³-hybridized carbons (Fsp3) is 1.00. The topological polar surface area (TPSA) is 9.23 Å². The second-order valence-electron chi connectivity index (χ2n) is 5.83. The second-order valence-corrected chi connectivity index (χ2v) is 5.83. The first kappa shape index (κ1) is 13.0. The Morgan fingerprint density at radius 1 is 1.00 bits per heavy atom. The van der Waals surface area contributed by atoms with E-state index < -0.39 is 0 Å². The van der Waals surface area contributed by atoms with Crippen molar-refractivity contribution in [3.05, 3.63) is 0 Å². The van der Waals surface area contributed by atoms with Crippen molar-refractivity contribution >= 4 is 6.92 Å². The molecule has 0 aromatic carbocycles. The summed E-state index contributed by atoms with van der Waals surface area (Å²) in [6.07, 6.45) is 0. The van der Waals surface area contributed by atoms with Crippen LogP contribution in [0.4, 0.5) is 0 Å². The van der Waals surface area contributed by atoms with Crippen molar-refractivity contribution in [2.75, 3.05) is 0 Å². The highest BCUT2D eigenvalue weighted by Crippen LogP contribution is 2.34. The quantitative estimate of drug-likeness (QED) is 0.605. The third kappa shape index (κ3) is 3.72. The van der Waals surface area contributed by atoms with E-state index in [0.29, 0.717) is 12.7 Å². The van der Waals surface area contributed by atoms with Crippen molar-refractivity contribution in [1.29, 1.82) is 0 Å². The summed E-state index contributed by atoms with van der Waals surface area (Å²) in [4.78, 5) is 0. The molecule has 0 aliphatic carbocycles. The van der Waals surface area contributed by atoms with Crippen molar-refractivity contribution in [1.82, 2.24) is 0 Å². The normalized spacial score (nSPS) is 13.6. The Balaban J connectivity index is 4.34. The van der Waals surface area contributed by atoms with Crippen LogP contribution in [0.15, 0.2) is 0 Å². The number of rotatable bonds is 3. The lowest BCUT2D eigenvalue weighted by Crippen LogP contribution is -2.43. The molecule has 0 aliphatic rings. The van der Waals surface area contributed by atoms with E-state index in [9.17, 15) is 0 Å². The van der Waals surface area contributed by atoms with Gasteiger partial charge in [0.05, 0.1) is 5.60 Å². The van der Waals surface area contributed by atoms with Gasteiger partial charge in [-0.3, -0.25) is 0 Å². The molecule has 0 N–H and O–H groups in total. The van der Waals surface area contributed by atoms with E-state index in [1.54, 1.807) is 0 Å². The molecule has 0 aromatic rings. The van der Waals surface area contributed by atoms with E-state index in [4.69, 9.17) is 4.65 Å². The lowest BCUT2D eigenvalue weighted by Gasteiger charge is -2.41. The van der Waals surface area contributed by atoms with E-state index in [-0.39, 0.29) is 11.0 Å². The summed E-state index contributed by atoms with van der Waals surface area (Å²) in [5.74, 6) is 0.585. The van der Waals surface area contributed by atoms with Crippen molar-refractivity contribution in [2.45, 2.75) is 66.7 Å². The highest BCUT2D eigenvalue weighted by atomic mass is 16.5. The summed E-state index contributed by atoms with van der Waals surface area (Å²) in [5, 5.41) is 0. The molecule has 0 spiro atoms. The zero-order chi connectivity index (χ0) is 10.9. The van der Waals surface area contributed by atoms with Gasteiger partial charge in [-0.25, -0.2) is 0 Å². The number of hydrogen-bond acceptors (Lipinski definition) is 1. The van der Waals surface area contributed by atoms with E-state index >= 15 is 0 Å². The lowest BCUT2D eigenvalue weighted by molar-refractivity contribution is -0.00309. The molecule has 0 heterocycles. The molecule has 13 heavy (non-hydrogen) atoms. The minimum atomic E-state index is -0.0588. The van der Waals surface area contributed by atoms with Gasteiger partial charge in [-0.05, 0) is 25.1 Å². The molecule has 0 fully saturated rings. The predicted molar refractivity (Wildman–Crippen MR) is 61.3 cm³/mol. The molecule has 0 aromatic heterocycles. The Morgan fingerprint density at radius 2 is 1.38 bits per heavy atom. The second kappa shape index (κ2) is 4.04. The van der Waals surface area contributed by atoms with Crippen molar-refractivity contribution < 1.29 is 4.65 Å². The molecule has 0 saturated carbocycles. The van der Waals surface area contributed by atoms with Crippen LogP contribution in [0.3, 0.4) is 0 Å². The fourth-order valence-corrected chi connectivity index (χ4v) is 0.778. The van der Waals surface area contributed by atoms with Crippen molar-refractivity contribution in [2.24, 2.45) is 5.41 Å². The van der Waals surface area contributed by atoms with Crippen molar-refractivity contribution in [3.8, 4) is 0 Å². The smallest absolute Gasteiger partial charge is 0.293 e. The highest BCUT2D eigenvalue weighted by molar-refractivity contribution is 6.51. The molecular weight excluding hydrogens is 159 g/mol. The Kier molecular flexibility index (Phi) is 4.05. The van der Waals surface area contributed by atoms with E-state index in [2.05, 4.69) is 55.3 Å². The summed E-state index contributed by atoms with van der Waals surface area (Å²) in [5.41, 5.74) is 0.132. The minimum absolute atomic E-state index is 0.0588. The lowest BCUT2D eigenvalue weighted by atomic mass is 9.58. The van der Waals surface area contributed by atoms with Crippen LogP contribution in [0, 0.1) is 5.41 Å². The molecule has 0 radical (unpaired) electrons. The standard InChI is InChI=1S/C11H25BO/c1-9(2)12(8)13-11(6,7)10(3,4)5/h9H,1-8H3. The van der Waals surface area contributed by atoms with Gasteiger partial charge in [0.1, 0.15) is 0 Å². The van der Waals surface area contributed by atoms with Crippen LogP contribution in [-0.2, 0) is 4.65 Å². The third-order valence-corrected chi connectivity index (χ3v) is 3.23. The molecule has 0 atom stereocenters. The van der Waals surface area contributed by atoms with Crippen LogP contribution in [0.2, 0.25) is 12.6 Å². The first-order valence-corrected chi connectivity index (χ1v) is 5.26. The average molecular weight is 184 g/mol. The molecule has 0 unspecified atom stereocenters. The highest BCUT2D eigenvalue weighted by Gasteiger charge is 2.36. The zero-order valence-corrected chi connectivity index (χ0v) is 10.6. The van der Waals surface area contributed by atoms with E-state index in [1.165, 1.54) is 0 Å². The average Bonchev–Trinajstić information content (AvgIpc) is 1.83. The van der Waals surface area contributed by atoms with Crippen LogP contribution in [-0.4, -0.2) is 12.5 Å². The summed E-state index contributed by atoms with van der Waals surface area (Å²) in [6, 6.07) is 0. The summed E-state index contributed by atoms with van der Waals surface area (Å²) >= 11 is 0. The molecule has 0 rings (SSSR count). The first-order valence-electron chi connectivity index (χ1n) is 5.26. The monoisotopic (exact) mass is 184 g/mol. The Hall–Kier alpha value is 0.0249. The van der Waals surface area contributed by atoms with Crippen molar-refractivity contribution in [3.63, 3.8) is 0 Å². The maximum absolute atomic E-state index is 6.06. The molecule has 0 bridgehead atoms. The molecule has 78 valence electrons. The maximum Gasteiger partial charge on any atom is 0.293 e. The van der Waals surface area contributed by atoms with Gasteiger partial charge in [0, 0.05) is 0 Å². The first-order chi connectivity index (χ1) is 5.58. The maximum atomic E-state index is 6.06. The molecule has 1 nitrogen and oxygen atoms in total. The van der Waals surface area contributed by atoms with E-state index in [0.717, 1.165) is 0 Å². The van der Waals surface area contributed by atoms with Crippen LogP contribution in [0.1, 0.15) is 48.5 Å². The SMILES string of the molecule is CB(OC(C)(C)C(C)(C)C)C(C)C. The molecular formula is C11H25BO. The van der Waals surface area contributed by atoms with Gasteiger partial charge < -0.3 is 4.65 Å². The third-order valence-electron chi connectivity index (χ3n) is 3.23. The molecule has 0 amide bonds. The minimum Gasteiger partial charge on any atom is -0.431 e. The summed E-state index contributed by atoms with van der Waals surface area (Å²) < 4.78 is 6.06.